The van der Waals surface area contributed by atoms with Gasteiger partial charge in [-0.25, -0.2) is 0 Å². The van der Waals surface area contributed by atoms with Gasteiger partial charge < -0.3 is 15.0 Å². The van der Waals surface area contributed by atoms with Crippen molar-refractivity contribution in [3.63, 3.8) is 0 Å². The Balaban J connectivity index is 2.02. The standard InChI is InChI=1S/C14H20N2O/c1-14(2,17-3)10-15-9-11-5-4-6-13-12(11)7-8-16-13/h4-8,15-16H,9-10H2,1-3H3. The van der Waals surface area contributed by atoms with E-state index in [9.17, 15) is 0 Å². The highest BCUT2D eigenvalue weighted by Crippen LogP contribution is 2.17. The molecule has 0 saturated carbocycles. The van der Waals surface area contributed by atoms with Crippen LogP contribution in [-0.4, -0.2) is 24.2 Å². The molecule has 0 atom stereocenters. The maximum atomic E-state index is 5.38. The fourth-order valence-electron chi connectivity index (χ4n) is 1.88. The van der Waals surface area contributed by atoms with Crippen LogP contribution in [0.1, 0.15) is 19.4 Å². The number of ether oxygens (including phenoxy) is 1. The fraction of sp³-hybridized carbons (Fsp3) is 0.429. The van der Waals surface area contributed by atoms with Gasteiger partial charge in [-0.1, -0.05) is 12.1 Å². The largest absolute Gasteiger partial charge is 0.377 e. The van der Waals surface area contributed by atoms with Gasteiger partial charge in [0, 0.05) is 37.3 Å². The van der Waals surface area contributed by atoms with E-state index in [4.69, 9.17) is 4.74 Å². The van der Waals surface area contributed by atoms with Gasteiger partial charge in [0.05, 0.1) is 5.60 Å². The first-order chi connectivity index (χ1) is 8.12. The maximum Gasteiger partial charge on any atom is 0.0746 e. The van der Waals surface area contributed by atoms with Gasteiger partial charge in [0.25, 0.3) is 0 Å². The Morgan fingerprint density at radius 3 is 2.88 bits per heavy atom. The van der Waals surface area contributed by atoms with Crippen LogP contribution >= 0.6 is 0 Å². The number of aromatic nitrogens is 1. The molecular weight excluding hydrogens is 212 g/mol. The molecule has 1 aromatic heterocycles. The quantitative estimate of drug-likeness (QED) is 0.831. The lowest BCUT2D eigenvalue weighted by Crippen LogP contribution is -2.36. The normalized spacial score (nSPS) is 12.2. The summed E-state index contributed by atoms with van der Waals surface area (Å²) in [7, 11) is 1.74. The lowest BCUT2D eigenvalue weighted by Gasteiger charge is -2.23. The van der Waals surface area contributed by atoms with Crippen LogP contribution in [0.25, 0.3) is 10.9 Å². The average Bonchev–Trinajstić information content (AvgIpc) is 2.78. The summed E-state index contributed by atoms with van der Waals surface area (Å²) in [6.45, 7) is 5.86. The second-order valence-electron chi connectivity index (χ2n) is 4.92. The molecule has 2 rings (SSSR count). The molecule has 1 aromatic carbocycles. The molecule has 2 aromatic rings. The Bertz CT molecular complexity index is 488. The summed E-state index contributed by atoms with van der Waals surface area (Å²) in [5.74, 6) is 0. The van der Waals surface area contributed by atoms with Crippen molar-refractivity contribution in [2.75, 3.05) is 13.7 Å². The molecule has 0 aliphatic carbocycles. The Kier molecular flexibility index (Phi) is 3.50. The van der Waals surface area contributed by atoms with Crippen molar-refractivity contribution in [3.05, 3.63) is 36.0 Å². The van der Waals surface area contributed by atoms with Crippen molar-refractivity contribution >= 4 is 10.9 Å². The Labute approximate surface area is 102 Å². The molecule has 92 valence electrons. The Hall–Kier alpha value is -1.32. The van der Waals surface area contributed by atoms with E-state index in [-0.39, 0.29) is 5.60 Å². The van der Waals surface area contributed by atoms with Crippen LogP contribution in [-0.2, 0) is 11.3 Å². The third-order valence-electron chi connectivity index (χ3n) is 3.10. The number of H-pyrrole nitrogens is 1. The second-order valence-corrected chi connectivity index (χ2v) is 4.92. The van der Waals surface area contributed by atoms with Gasteiger partial charge in [-0.15, -0.1) is 0 Å². The minimum Gasteiger partial charge on any atom is -0.377 e. The molecule has 0 bridgehead atoms. The third-order valence-corrected chi connectivity index (χ3v) is 3.10. The van der Waals surface area contributed by atoms with Gasteiger partial charge in [0.2, 0.25) is 0 Å². The molecule has 0 radical (unpaired) electrons. The number of hydrogen-bond acceptors (Lipinski definition) is 2. The molecule has 0 amide bonds. The molecule has 2 N–H and O–H groups in total. The number of rotatable bonds is 5. The van der Waals surface area contributed by atoms with E-state index in [0.29, 0.717) is 0 Å². The number of fused-ring (bicyclic) bond motifs is 1. The molecule has 3 heteroatoms. The van der Waals surface area contributed by atoms with E-state index in [1.54, 1.807) is 7.11 Å². The molecule has 3 nitrogen and oxygen atoms in total. The van der Waals surface area contributed by atoms with Crippen LogP contribution in [0.3, 0.4) is 0 Å². The lowest BCUT2D eigenvalue weighted by molar-refractivity contribution is 0.0231. The van der Waals surface area contributed by atoms with Gasteiger partial charge in [0.15, 0.2) is 0 Å². The fourth-order valence-corrected chi connectivity index (χ4v) is 1.88. The number of methoxy groups -OCH3 is 1. The van der Waals surface area contributed by atoms with Crippen LogP contribution in [0.2, 0.25) is 0 Å². The summed E-state index contributed by atoms with van der Waals surface area (Å²) in [6.07, 6.45) is 1.98. The molecule has 0 saturated heterocycles. The maximum absolute atomic E-state index is 5.38. The highest BCUT2D eigenvalue weighted by Gasteiger charge is 2.15. The Morgan fingerprint density at radius 2 is 2.12 bits per heavy atom. The van der Waals surface area contributed by atoms with Gasteiger partial charge in [-0.2, -0.15) is 0 Å². The topological polar surface area (TPSA) is 37.0 Å². The summed E-state index contributed by atoms with van der Waals surface area (Å²) >= 11 is 0. The summed E-state index contributed by atoms with van der Waals surface area (Å²) in [6, 6.07) is 8.45. The monoisotopic (exact) mass is 232 g/mol. The van der Waals surface area contributed by atoms with E-state index >= 15 is 0 Å². The number of benzene rings is 1. The first-order valence-electron chi connectivity index (χ1n) is 5.93. The number of aromatic amines is 1. The van der Waals surface area contributed by atoms with Gasteiger partial charge in [-0.05, 0) is 31.5 Å². The predicted molar refractivity (Wildman–Crippen MR) is 71.1 cm³/mol. The van der Waals surface area contributed by atoms with E-state index in [1.165, 1.54) is 16.5 Å². The molecule has 0 aliphatic heterocycles. The van der Waals surface area contributed by atoms with Crippen molar-refractivity contribution in [2.45, 2.75) is 26.0 Å². The molecule has 17 heavy (non-hydrogen) atoms. The average molecular weight is 232 g/mol. The molecule has 0 aliphatic rings. The van der Waals surface area contributed by atoms with Crippen LogP contribution in [0.4, 0.5) is 0 Å². The van der Waals surface area contributed by atoms with Gasteiger partial charge in [-0.3, -0.25) is 0 Å². The van der Waals surface area contributed by atoms with Crippen LogP contribution in [0.15, 0.2) is 30.5 Å². The zero-order chi connectivity index (χ0) is 12.3. The lowest BCUT2D eigenvalue weighted by atomic mass is 10.1. The molecule has 0 unspecified atom stereocenters. The van der Waals surface area contributed by atoms with Crippen molar-refractivity contribution in [2.24, 2.45) is 0 Å². The SMILES string of the molecule is COC(C)(C)CNCc1cccc2[nH]ccc12. The smallest absolute Gasteiger partial charge is 0.0746 e. The summed E-state index contributed by atoms with van der Waals surface area (Å²) < 4.78 is 5.38. The van der Waals surface area contributed by atoms with E-state index in [2.05, 4.69) is 48.4 Å². The molecular formula is C14H20N2O. The van der Waals surface area contributed by atoms with E-state index in [0.717, 1.165) is 13.1 Å². The van der Waals surface area contributed by atoms with Crippen LogP contribution in [0.5, 0.6) is 0 Å². The van der Waals surface area contributed by atoms with E-state index < -0.39 is 0 Å². The highest BCUT2D eigenvalue weighted by atomic mass is 16.5. The van der Waals surface area contributed by atoms with Crippen molar-refractivity contribution in [3.8, 4) is 0 Å². The molecule has 0 spiro atoms. The van der Waals surface area contributed by atoms with E-state index in [1.807, 2.05) is 6.20 Å². The first kappa shape index (κ1) is 12.1. The minimum atomic E-state index is -0.119. The van der Waals surface area contributed by atoms with Crippen LogP contribution in [0, 0.1) is 0 Å². The van der Waals surface area contributed by atoms with Gasteiger partial charge >= 0.3 is 0 Å². The van der Waals surface area contributed by atoms with Crippen molar-refractivity contribution in [1.29, 1.82) is 0 Å². The molecule has 1 heterocycles. The summed E-state index contributed by atoms with van der Waals surface area (Å²) in [4.78, 5) is 3.23. The predicted octanol–water partition coefficient (Wildman–Crippen LogP) is 2.68. The summed E-state index contributed by atoms with van der Waals surface area (Å²) in [5.41, 5.74) is 2.39. The zero-order valence-corrected chi connectivity index (χ0v) is 10.7. The Morgan fingerprint density at radius 1 is 1.29 bits per heavy atom. The number of hydrogen-bond donors (Lipinski definition) is 2. The van der Waals surface area contributed by atoms with Crippen LogP contribution < -0.4 is 5.32 Å². The minimum absolute atomic E-state index is 0.119. The highest BCUT2D eigenvalue weighted by molar-refractivity contribution is 5.82. The van der Waals surface area contributed by atoms with Crippen molar-refractivity contribution in [1.82, 2.24) is 10.3 Å². The van der Waals surface area contributed by atoms with Crippen molar-refractivity contribution < 1.29 is 4.74 Å². The first-order valence-corrected chi connectivity index (χ1v) is 5.93. The zero-order valence-electron chi connectivity index (χ0n) is 10.7. The number of nitrogens with one attached hydrogen (secondary N) is 2. The summed E-state index contributed by atoms with van der Waals surface area (Å²) in [5, 5.41) is 4.72. The van der Waals surface area contributed by atoms with Gasteiger partial charge in [0.1, 0.15) is 0 Å². The second kappa shape index (κ2) is 4.90. The molecule has 0 fully saturated rings. The third kappa shape index (κ3) is 2.87.